The summed E-state index contributed by atoms with van der Waals surface area (Å²) >= 11 is 6.19. The normalized spacial score (nSPS) is 26.3. The Bertz CT molecular complexity index is 586. The van der Waals surface area contributed by atoms with Crippen molar-refractivity contribution in [3.63, 3.8) is 0 Å². The van der Waals surface area contributed by atoms with Gasteiger partial charge in [-0.2, -0.15) is 0 Å². The van der Waals surface area contributed by atoms with E-state index in [0.717, 1.165) is 12.0 Å². The van der Waals surface area contributed by atoms with Gasteiger partial charge in [-0.3, -0.25) is 9.69 Å². The zero-order valence-corrected chi connectivity index (χ0v) is 11.9. The van der Waals surface area contributed by atoms with E-state index in [2.05, 4.69) is 0 Å². The topological polar surface area (TPSA) is 49.8 Å². The van der Waals surface area contributed by atoms with E-state index in [1.54, 1.807) is 13.0 Å². The summed E-state index contributed by atoms with van der Waals surface area (Å²) in [6.07, 6.45) is 4.81. The van der Waals surface area contributed by atoms with Gasteiger partial charge in [0, 0.05) is 25.1 Å². The van der Waals surface area contributed by atoms with Crippen LogP contribution in [0.15, 0.2) is 24.3 Å². The molecular formula is C15H16ClNO3. The lowest BCUT2D eigenvalue weighted by molar-refractivity contribution is -0.142. The first-order valence-electron chi connectivity index (χ1n) is 6.64. The maximum absolute atomic E-state index is 11.1. The number of nitrogens with zero attached hydrogens (tertiary/aromatic N) is 1. The van der Waals surface area contributed by atoms with Crippen molar-refractivity contribution in [3.05, 3.63) is 34.9 Å². The molecule has 0 aromatic heterocycles. The van der Waals surface area contributed by atoms with Gasteiger partial charge in [-0.05, 0) is 19.1 Å². The zero-order valence-electron chi connectivity index (χ0n) is 11.2. The molecule has 2 atom stereocenters. The maximum Gasteiger partial charge on any atom is 0.320 e. The van der Waals surface area contributed by atoms with Crippen molar-refractivity contribution < 1.29 is 14.6 Å². The molecule has 1 saturated heterocycles. The van der Waals surface area contributed by atoms with Gasteiger partial charge in [-0.15, -0.1) is 0 Å². The number of carbonyl (C=O) groups is 1. The van der Waals surface area contributed by atoms with E-state index in [1.807, 2.05) is 29.2 Å². The van der Waals surface area contributed by atoms with E-state index < -0.39 is 17.6 Å². The van der Waals surface area contributed by atoms with E-state index in [4.69, 9.17) is 21.4 Å². The highest BCUT2D eigenvalue weighted by Gasteiger charge is 2.43. The monoisotopic (exact) mass is 293 g/mol. The Morgan fingerprint density at radius 1 is 1.55 bits per heavy atom. The summed E-state index contributed by atoms with van der Waals surface area (Å²) in [5.74, 6) is -0.109. The van der Waals surface area contributed by atoms with Crippen LogP contribution in [0.5, 0.6) is 5.75 Å². The number of likely N-dealkylation sites (tertiary alicyclic amines) is 1. The number of hydrogen-bond donors (Lipinski definition) is 1. The Labute approximate surface area is 122 Å². The van der Waals surface area contributed by atoms with Crippen LogP contribution in [0.2, 0.25) is 5.02 Å². The van der Waals surface area contributed by atoms with Crippen LogP contribution >= 0.6 is 11.6 Å². The molecule has 20 heavy (non-hydrogen) atoms. The third-order valence-electron chi connectivity index (χ3n) is 4.07. The van der Waals surface area contributed by atoms with E-state index >= 15 is 0 Å². The average molecular weight is 294 g/mol. The van der Waals surface area contributed by atoms with E-state index in [9.17, 15) is 4.79 Å². The second kappa shape index (κ2) is 4.79. The number of aliphatic carboxylic acids is 1. The summed E-state index contributed by atoms with van der Waals surface area (Å²) in [6, 6.07) is 5.15. The molecule has 2 aliphatic rings. The largest absolute Gasteiger partial charge is 0.480 e. The molecule has 0 bridgehead atoms. The Morgan fingerprint density at radius 3 is 3.10 bits per heavy atom. The number of ether oxygens (including phenoxy) is 1. The predicted molar refractivity (Wildman–Crippen MR) is 77.1 cm³/mol. The van der Waals surface area contributed by atoms with Crippen LogP contribution in [0.1, 0.15) is 18.9 Å². The first-order valence-corrected chi connectivity index (χ1v) is 7.02. The molecule has 1 aromatic rings. The van der Waals surface area contributed by atoms with Crippen molar-refractivity contribution in [1.29, 1.82) is 0 Å². The summed E-state index contributed by atoms with van der Waals surface area (Å²) in [5, 5.41) is 9.70. The van der Waals surface area contributed by atoms with E-state index in [1.165, 1.54) is 0 Å². The van der Waals surface area contributed by atoms with Crippen LogP contribution in [-0.2, 0) is 4.79 Å². The fourth-order valence-electron chi connectivity index (χ4n) is 2.78. The average Bonchev–Trinajstić information content (AvgIpc) is 2.83. The SMILES string of the molecule is CC(C(=O)O)N1CCC2(C=Cc3cccc(Cl)c3O2)C1. The maximum atomic E-state index is 11.1. The summed E-state index contributed by atoms with van der Waals surface area (Å²) in [7, 11) is 0. The number of benzene rings is 1. The first-order chi connectivity index (χ1) is 9.51. The Kier molecular flexibility index (Phi) is 3.22. The van der Waals surface area contributed by atoms with Gasteiger partial charge in [0.25, 0.3) is 0 Å². The first kappa shape index (κ1) is 13.5. The highest BCUT2D eigenvalue weighted by Crippen LogP contribution is 2.40. The van der Waals surface area contributed by atoms with Crippen molar-refractivity contribution in [1.82, 2.24) is 4.90 Å². The minimum Gasteiger partial charge on any atom is -0.480 e. The Morgan fingerprint density at radius 2 is 2.35 bits per heavy atom. The fourth-order valence-corrected chi connectivity index (χ4v) is 3.00. The van der Waals surface area contributed by atoms with Crippen molar-refractivity contribution in [2.24, 2.45) is 0 Å². The van der Waals surface area contributed by atoms with Gasteiger partial charge in [0.1, 0.15) is 17.4 Å². The number of fused-ring (bicyclic) bond motifs is 1. The van der Waals surface area contributed by atoms with Crippen LogP contribution < -0.4 is 4.74 Å². The van der Waals surface area contributed by atoms with Gasteiger partial charge in [0.05, 0.1) is 5.02 Å². The molecule has 2 aliphatic heterocycles. The molecule has 3 rings (SSSR count). The fraction of sp³-hybridized carbons (Fsp3) is 0.400. The number of para-hydroxylation sites is 1. The minimum atomic E-state index is -0.805. The Balaban J connectivity index is 1.84. The molecule has 0 saturated carbocycles. The molecule has 0 amide bonds. The van der Waals surface area contributed by atoms with E-state index in [-0.39, 0.29) is 0 Å². The smallest absolute Gasteiger partial charge is 0.320 e. The van der Waals surface area contributed by atoms with Crippen molar-refractivity contribution >= 4 is 23.6 Å². The molecule has 1 aromatic carbocycles. The van der Waals surface area contributed by atoms with Gasteiger partial charge >= 0.3 is 5.97 Å². The van der Waals surface area contributed by atoms with Crippen LogP contribution in [0.4, 0.5) is 0 Å². The summed E-state index contributed by atoms with van der Waals surface area (Å²) in [5.41, 5.74) is 0.509. The predicted octanol–water partition coefficient (Wildman–Crippen LogP) is 2.66. The second-order valence-electron chi connectivity index (χ2n) is 5.39. The lowest BCUT2D eigenvalue weighted by Crippen LogP contribution is -2.43. The molecule has 5 heteroatoms. The van der Waals surface area contributed by atoms with Crippen LogP contribution in [-0.4, -0.2) is 40.7 Å². The van der Waals surface area contributed by atoms with E-state index in [0.29, 0.717) is 23.9 Å². The van der Waals surface area contributed by atoms with Gasteiger partial charge in [0.15, 0.2) is 0 Å². The summed E-state index contributed by atoms with van der Waals surface area (Å²) in [4.78, 5) is 13.0. The summed E-state index contributed by atoms with van der Waals surface area (Å²) < 4.78 is 6.12. The zero-order chi connectivity index (χ0) is 14.3. The Hall–Kier alpha value is -1.52. The van der Waals surface area contributed by atoms with Gasteiger partial charge in [-0.1, -0.05) is 29.8 Å². The third kappa shape index (κ3) is 2.19. The van der Waals surface area contributed by atoms with Crippen molar-refractivity contribution in [3.8, 4) is 5.75 Å². The standard InChI is InChI=1S/C15H16ClNO3/c1-10(14(18)19)17-8-7-15(9-17)6-5-11-3-2-4-12(16)13(11)20-15/h2-6,10H,7-9H2,1H3,(H,18,19). The number of rotatable bonds is 2. The number of hydrogen-bond acceptors (Lipinski definition) is 3. The molecule has 0 aliphatic carbocycles. The minimum absolute atomic E-state index is 0.457. The van der Waals surface area contributed by atoms with Crippen molar-refractivity contribution in [2.75, 3.05) is 13.1 Å². The lowest BCUT2D eigenvalue weighted by atomic mass is 9.97. The van der Waals surface area contributed by atoms with Gasteiger partial charge in [-0.25, -0.2) is 0 Å². The molecular weight excluding hydrogens is 278 g/mol. The molecule has 1 spiro atoms. The molecule has 2 unspecified atom stereocenters. The molecule has 1 N–H and O–H groups in total. The number of carboxylic acids is 1. The third-order valence-corrected chi connectivity index (χ3v) is 4.37. The highest BCUT2D eigenvalue weighted by molar-refractivity contribution is 6.32. The van der Waals surface area contributed by atoms with Crippen LogP contribution in [0.3, 0.4) is 0 Å². The number of carboxylic acid groups (broad SMARTS) is 1. The molecule has 1 fully saturated rings. The molecule has 0 radical (unpaired) electrons. The van der Waals surface area contributed by atoms with Crippen LogP contribution in [0.25, 0.3) is 6.08 Å². The van der Waals surface area contributed by atoms with Gasteiger partial charge in [0.2, 0.25) is 0 Å². The van der Waals surface area contributed by atoms with Crippen molar-refractivity contribution in [2.45, 2.75) is 25.0 Å². The quantitative estimate of drug-likeness (QED) is 0.911. The van der Waals surface area contributed by atoms with Gasteiger partial charge < -0.3 is 9.84 Å². The number of halogens is 1. The molecule has 2 heterocycles. The summed E-state index contributed by atoms with van der Waals surface area (Å²) in [6.45, 7) is 2.98. The highest BCUT2D eigenvalue weighted by atomic mass is 35.5. The molecule has 106 valence electrons. The van der Waals surface area contributed by atoms with Crippen LogP contribution in [0, 0.1) is 0 Å². The lowest BCUT2D eigenvalue weighted by Gasteiger charge is -2.32. The second-order valence-corrected chi connectivity index (χ2v) is 5.80. The molecule has 4 nitrogen and oxygen atoms in total.